The molecule has 0 radical (unpaired) electrons. The minimum atomic E-state index is -0.830. The van der Waals surface area contributed by atoms with Crippen LogP contribution in [0.25, 0.3) is 22.3 Å². The van der Waals surface area contributed by atoms with Gasteiger partial charge in [0.15, 0.2) is 5.82 Å². The van der Waals surface area contributed by atoms with Crippen LogP contribution in [0.3, 0.4) is 0 Å². The van der Waals surface area contributed by atoms with E-state index in [0.717, 1.165) is 31.4 Å². The van der Waals surface area contributed by atoms with Gasteiger partial charge < -0.3 is 14.0 Å². The van der Waals surface area contributed by atoms with Crippen molar-refractivity contribution in [1.29, 1.82) is 5.26 Å². The van der Waals surface area contributed by atoms with Crippen LogP contribution in [0.15, 0.2) is 54.7 Å². The first-order valence-corrected chi connectivity index (χ1v) is 14.1. The number of hydrogen-bond acceptors (Lipinski definition) is 7. The quantitative estimate of drug-likeness (QED) is 0.126. The van der Waals surface area contributed by atoms with E-state index in [4.69, 9.17) is 14.7 Å². The molecule has 1 fully saturated rings. The van der Waals surface area contributed by atoms with Crippen LogP contribution >= 0.6 is 0 Å². The molecule has 5 aromatic rings. The Bertz CT molecular complexity index is 2040. The zero-order valence-corrected chi connectivity index (χ0v) is 24.3. The summed E-state index contributed by atoms with van der Waals surface area (Å²) in [4.78, 5) is 24.6. The van der Waals surface area contributed by atoms with E-state index in [9.17, 15) is 13.6 Å². The fourth-order valence-corrected chi connectivity index (χ4v) is 5.15. The number of carbonyl (C=O) groups is 1. The SMILES string of the molecule is COC(=O)c1cc(F)c2nc(Cc3cc(F)c(-c4ccnc(OCc5ccc(C#N)cc5F)n4)cc3F)n(CC3(CF)CC3)c2c1. The Morgan fingerprint density at radius 2 is 1.76 bits per heavy atom. The number of esters is 1. The van der Waals surface area contributed by atoms with Crippen molar-refractivity contribution in [2.75, 3.05) is 13.8 Å². The van der Waals surface area contributed by atoms with Gasteiger partial charge in [-0.1, -0.05) is 6.07 Å². The topological polar surface area (TPSA) is 103 Å². The van der Waals surface area contributed by atoms with Gasteiger partial charge in [-0.3, -0.25) is 4.39 Å². The number of rotatable bonds is 10. The maximum absolute atomic E-state index is 15.5. The number of hydrogen-bond donors (Lipinski definition) is 0. The lowest BCUT2D eigenvalue weighted by Gasteiger charge is -2.16. The summed E-state index contributed by atoms with van der Waals surface area (Å²) in [6, 6.07) is 11.1. The Labute approximate surface area is 259 Å². The second kappa shape index (κ2) is 12.2. The molecule has 0 spiro atoms. The van der Waals surface area contributed by atoms with Crippen molar-refractivity contribution in [1.82, 2.24) is 19.5 Å². The van der Waals surface area contributed by atoms with E-state index in [0.29, 0.717) is 12.8 Å². The first kappa shape index (κ1) is 30.6. The molecule has 2 aromatic heterocycles. The van der Waals surface area contributed by atoms with Gasteiger partial charge in [-0.2, -0.15) is 10.2 Å². The second-order valence-electron chi connectivity index (χ2n) is 11.1. The molecule has 234 valence electrons. The standard InChI is InChI=1S/C33H24F5N5O3/c1-45-31(44)21-10-26(38)30-28(11-21)43(17-33(16-34)5-6-33)29(42-30)12-20-9-25(37)22(13-24(20)36)27-4-7-40-32(41-27)46-15-19-3-2-18(14-39)8-23(19)35/h2-4,7-11,13H,5-6,12,15-17H2,1H3. The maximum atomic E-state index is 15.5. The normalized spacial score (nSPS) is 13.4. The summed E-state index contributed by atoms with van der Waals surface area (Å²) >= 11 is 0. The second-order valence-corrected chi connectivity index (χ2v) is 11.1. The van der Waals surface area contributed by atoms with Crippen LogP contribution < -0.4 is 4.74 Å². The molecule has 1 aliphatic carbocycles. The Kier molecular flexibility index (Phi) is 8.12. The van der Waals surface area contributed by atoms with E-state index in [1.54, 1.807) is 4.57 Å². The summed E-state index contributed by atoms with van der Waals surface area (Å²) in [7, 11) is 1.16. The smallest absolute Gasteiger partial charge is 0.338 e. The third kappa shape index (κ3) is 5.98. The minimum absolute atomic E-state index is 0.00322. The van der Waals surface area contributed by atoms with Crippen molar-refractivity contribution < 1.29 is 36.2 Å². The third-order valence-corrected chi connectivity index (χ3v) is 7.97. The summed E-state index contributed by atoms with van der Waals surface area (Å²) in [6.45, 7) is -0.795. The van der Waals surface area contributed by atoms with Crippen molar-refractivity contribution >= 4 is 17.0 Å². The number of ether oxygens (including phenoxy) is 2. The van der Waals surface area contributed by atoms with Crippen molar-refractivity contribution in [3.05, 3.63) is 106 Å². The zero-order valence-electron chi connectivity index (χ0n) is 24.3. The van der Waals surface area contributed by atoms with Gasteiger partial charge in [-0.15, -0.1) is 0 Å². The first-order chi connectivity index (χ1) is 22.1. The van der Waals surface area contributed by atoms with Crippen molar-refractivity contribution in [2.24, 2.45) is 5.41 Å². The van der Waals surface area contributed by atoms with E-state index in [1.807, 2.05) is 6.07 Å². The van der Waals surface area contributed by atoms with Crippen molar-refractivity contribution in [3.8, 4) is 23.3 Å². The molecule has 0 saturated heterocycles. The lowest BCUT2D eigenvalue weighted by Crippen LogP contribution is -2.16. The Morgan fingerprint density at radius 1 is 0.978 bits per heavy atom. The van der Waals surface area contributed by atoms with Gasteiger partial charge >= 0.3 is 12.0 Å². The van der Waals surface area contributed by atoms with Crippen LogP contribution in [-0.4, -0.2) is 39.3 Å². The number of aromatic nitrogens is 4. The molecule has 0 amide bonds. The maximum Gasteiger partial charge on any atom is 0.338 e. The molecular weight excluding hydrogens is 609 g/mol. The highest BCUT2D eigenvalue weighted by atomic mass is 19.1. The zero-order chi connectivity index (χ0) is 32.6. The van der Waals surface area contributed by atoms with Gasteiger partial charge in [0.1, 0.15) is 35.4 Å². The molecule has 3 aromatic carbocycles. The van der Waals surface area contributed by atoms with E-state index in [1.165, 1.54) is 30.5 Å². The highest BCUT2D eigenvalue weighted by molar-refractivity contribution is 5.94. The van der Waals surface area contributed by atoms with Crippen LogP contribution in [0.4, 0.5) is 22.0 Å². The number of benzene rings is 3. The summed E-state index contributed by atoms with van der Waals surface area (Å²) in [6.07, 6.45) is 2.19. The summed E-state index contributed by atoms with van der Waals surface area (Å²) in [5, 5.41) is 8.90. The number of nitriles is 1. The molecule has 8 nitrogen and oxygen atoms in total. The average Bonchev–Trinajstić information content (AvgIpc) is 3.76. The molecule has 46 heavy (non-hydrogen) atoms. The first-order valence-electron chi connectivity index (χ1n) is 14.1. The van der Waals surface area contributed by atoms with Gasteiger partial charge in [0.25, 0.3) is 0 Å². The van der Waals surface area contributed by atoms with Gasteiger partial charge in [0.05, 0.1) is 42.2 Å². The summed E-state index contributed by atoms with van der Waals surface area (Å²) in [5.74, 6) is -3.72. The van der Waals surface area contributed by atoms with Gasteiger partial charge in [-0.25, -0.2) is 32.3 Å². The Morgan fingerprint density at radius 3 is 2.46 bits per heavy atom. The highest BCUT2D eigenvalue weighted by Crippen LogP contribution is 2.48. The van der Waals surface area contributed by atoms with E-state index >= 15 is 13.2 Å². The molecule has 0 unspecified atom stereocenters. The fraction of sp³-hybridized carbons (Fsp3) is 0.242. The minimum Gasteiger partial charge on any atom is -0.465 e. The molecule has 6 rings (SSSR count). The predicted octanol–water partition coefficient (Wildman–Crippen LogP) is 6.63. The number of nitrogens with zero attached hydrogens (tertiary/aromatic N) is 5. The number of fused-ring (bicyclic) bond motifs is 1. The van der Waals surface area contributed by atoms with Crippen LogP contribution in [0, 0.1) is 40.0 Å². The monoisotopic (exact) mass is 633 g/mol. The molecule has 13 heteroatoms. The molecule has 0 aliphatic heterocycles. The van der Waals surface area contributed by atoms with Crippen molar-refractivity contribution in [3.63, 3.8) is 0 Å². The van der Waals surface area contributed by atoms with E-state index in [2.05, 4.69) is 15.0 Å². The Balaban J connectivity index is 1.30. The third-order valence-electron chi connectivity index (χ3n) is 7.97. The van der Waals surface area contributed by atoms with Crippen LogP contribution in [0.5, 0.6) is 6.01 Å². The van der Waals surface area contributed by atoms with Gasteiger partial charge in [-0.05, 0) is 60.9 Å². The molecule has 1 aliphatic rings. The molecular formula is C33H24F5N5O3. The molecule has 1 saturated carbocycles. The molecule has 0 N–H and O–H groups in total. The van der Waals surface area contributed by atoms with Crippen LogP contribution in [0.2, 0.25) is 0 Å². The lowest BCUT2D eigenvalue weighted by molar-refractivity contribution is 0.0600. The number of methoxy groups -OCH3 is 1. The van der Waals surface area contributed by atoms with Gasteiger partial charge in [0.2, 0.25) is 0 Å². The van der Waals surface area contributed by atoms with Crippen LogP contribution in [-0.2, 0) is 24.3 Å². The molecule has 0 bridgehead atoms. The number of halogens is 5. The van der Waals surface area contributed by atoms with E-state index in [-0.39, 0.29) is 76.0 Å². The van der Waals surface area contributed by atoms with E-state index < -0.39 is 41.3 Å². The van der Waals surface area contributed by atoms with Crippen molar-refractivity contribution in [2.45, 2.75) is 32.4 Å². The predicted molar refractivity (Wildman–Crippen MR) is 154 cm³/mol. The van der Waals surface area contributed by atoms with Gasteiger partial charge in [0, 0.05) is 35.7 Å². The number of imidazole rings is 1. The molecule has 2 heterocycles. The Hall–Kier alpha value is -5.38. The summed E-state index contributed by atoms with van der Waals surface area (Å²) < 4.78 is 86.0. The molecule has 0 atom stereocenters. The number of carbonyl (C=O) groups excluding carboxylic acids is 1. The van der Waals surface area contributed by atoms with Crippen LogP contribution in [0.1, 0.15) is 45.7 Å². The average molecular weight is 634 g/mol. The fourth-order valence-electron chi connectivity index (χ4n) is 5.15. The largest absolute Gasteiger partial charge is 0.465 e. The highest BCUT2D eigenvalue weighted by Gasteiger charge is 2.44. The summed E-state index contributed by atoms with van der Waals surface area (Å²) in [5.41, 5.74) is -0.657. The lowest BCUT2D eigenvalue weighted by atomic mass is 10.0. The number of alkyl halides is 1.